The van der Waals surface area contributed by atoms with Crippen LogP contribution in [0.5, 0.6) is 0 Å². The van der Waals surface area contributed by atoms with Crippen molar-refractivity contribution in [3.05, 3.63) is 47.5 Å². The Labute approximate surface area is 148 Å². The van der Waals surface area contributed by atoms with Crippen LogP contribution in [-0.2, 0) is 20.7 Å². The molecule has 0 radical (unpaired) electrons. The Morgan fingerprint density at radius 2 is 2.04 bits per heavy atom. The molecule has 0 saturated carbocycles. The number of carbonyl (C=O) groups excluding carboxylic acids is 2. The van der Waals surface area contributed by atoms with Gasteiger partial charge in [0.05, 0.1) is 0 Å². The Morgan fingerprint density at radius 3 is 2.56 bits per heavy atom. The molecule has 0 aromatic heterocycles. The maximum atomic E-state index is 12.3. The van der Waals surface area contributed by atoms with Crippen LogP contribution in [0.1, 0.15) is 23.6 Å². The third-order valence-electron chi connectivity index (χ3n) is 3.98. The quantitative estimate of drug-likeness (QED) is 0.357. The molecule has 3 N–H and O–H groups in total. The van der Waals surface area contributed by atoms with Gasteiger partial charge in [-0.2, -0.15) is 0 Å². The summed E-state index contributed by atoms with van der Waals surface area (Å²) >= 11 is 0. The second kappa shape index (κ2) is 9.36. The minimum atomic E-state index is -2.03. The van der Waals surface area contributed by atoms with E-state index in [1.165, 1.54) is 11.9 Å². The summed E-state index contributed by atoms with van der Waals surface area (Å²) in [5.74, 6) is -0.871. The van der Waals surface area contributed by atoms with E-state index in [-0.39, 0.29) is 6.42 Å². The van der Waals surface area contributed by atoms with Crippen molar-refractivity contribution in [1.29, 1.82) is 0 Å². The molecule has 2 atom stereocenters. The molecule has 0 unspecified atom stereocenters. The Bertz CT molecular complexity index is 635. The fourth-order valence-corrected chi connectivity index (χ4v) is 2.34. The highest BCUT2D eigenvalue weighted by atomic mass is 16.6. The number of benzene rings is 1. The first-order chi connectivity index (χ1) is 11.6. The molecule has 25 heavy (non-hydrogen) atoms. The number of hydrogen-bond acceptors (Lipinski definition) is 5. The van der Waals surface area contributed by atoms with Crippen molar-refractivity contribution >= 4 is 19.1 Å². The lowest BCUT2D eigenvalue weighted by molar-refractivity contribution is -0.136. The van der Waals surface area contributed by atoms with Crippen molar-refractivity contribution in [2.75, 3.05) is 7.05 Å². The highest BCUT2D eigenvalue weighted by Gasteiger charge is 2.26. The van der Waals surface area contributed by atoms with Crippen molar-refractivity contribution in [3.63, 3.8) is 0 Å². The summed E-state index contributed by atoms with van der Waals surface area (Å²) in [6, 6.07) is 5.04. The Balaban J connectivity index is 2.86. The molecule has 1 aromatic carbocycles. The molecule has 0 bridgehead atoms. The molecule has 8 heteroatoms. The fraction of sp³-hybridized carbons (Fsp3) is 0.412. The van der Waals surface area contributed by atoms with E-state index < -0.39 is 31.4 Å². The van der Waals surface area contributed by atoms with E-state index in [2.05, 4.69) is 11.9 Å². The number of nitrogens with one attached hydrogen (secondary N) is 1. The summed E-state index contributed by atoms with van der Waals surface area (Å²) in [6.45, 7) is 8.84. The first-order valence-corrected chi connectivity index (χ1v) is 7.93. The van der Waals surface area contributed by atoms with E-state index in [9.17, 15) is 9.59 Å². The van der Waals surface area contributed by atoms with Crippen LogP contribution in [0.3, 0.4) is 0 Å². The van der Waals surface area contributed by atoms with Crippen molar-refractivity contribution in [3.8, 4) is 0 Å². The lowest BCUT2D eigenvalue weighted by Gasteiger charge is -2.26. The van der Waals surface area contributed by atoms with Gasteiger partial charge in [0.2, 0.25) is 11.8 Å². The van der Waals surface area contributed by atoms with E-state index in [1.54, 1.807) is 6.92 Å². The molecule has 7 nitrogen and oxygen atoms in total. The third kappa shape index (κ3) is 6.34. The maximum absolute atomic E-state index is 12.3. The summed E-state index contributed by atoms with van der Waals surface area (Å²) in [4.78, 5) is 25.2. The van der Waals surface area contributed by atoms with Gasteiger partial charge in [0.1, 0.15) is 12.3 Å². The number of hydrogen-bond donors (Lipinski definition) is 3. The standard InChI is InChI=1S/C17H25BN2O5/c1-6-16(21)20(5)13(4)17(22)19-15(25-18(23)24)10-14-8-7-11(2)9-12(14)3/h6-9,13,15,23-24H,1,10H2,2-5H3,(H,19,22)/t13-,15-/m1/s1. The van der Waals surface area contributed by atoms with Crippen LogP contribution >= 0.6 is 0 Å². The average molecular weight is 348 g/mol. The van der Waals surface area contributed by atoms with E-state index in [0.717, 1.165) is 22.8 Å². The molecule has 0 aliphatic heterocycles. The summed E-state index contributed by atoms with van der Waals surface area (Å²) in [6.07, 6.45) is 0.412. The average Bonchev–Trinajstić information content (AvgIpc) is 2.54. The molecule has 1 rings (SSSR count). The SMILES string of the molecule is C=CC(=O)N(C)[C@H](C)C(=O)N[C@@H](Cc1ccc(C)cc1C)OB(O)O. The molecular weight excluding hydrogens is 323 g/mol. The molecule has 0 fully saturated rings. The number of aryl methyl sites for hydroxylation is 2. The van der Waals surface area contributed by atoms with Crippen LogP contribution in [-0.4, -0.2) is 53.4 Å². The zero-order valence-corrected chi connectivity index (χ0v) is 15.0. The largest absolute Gasteiger partial charge is 0.635 e. The normalized spacial score (nSPS) is 12.9. The van der Waals surface area contributed by atoms with Crippen molar-refractivity contribution in [1.82, 2.24) is 10.2 Å². The van der Waals surface area contributed by atoms with Crippen LogP contribution in [0.25, 0.3) is 0 Å². The van der Waals surface area contributed by atoms with Gasteiger partial charge in [0.25, 0.3) is 0 Å². The maximum Gasteiger partial charge on any atom is 0.635 e. The summed E-state index contributed by atoms with van der Waals surface area (Å²) < 4.78 is 4.98. The molecule has 1 aromatic rings. The van der Waals surface area contributed by atoms with E-state index in [0.29, 0.717) is 0 Å². The minimum Gasteiger partial charge on any atom is -0.402 e. The van der Waals surface area contributed by atoms with Crippen molar-refractivity contribution < 1.29 is 24.3 Å². The molecule has 0 aliphatic rings. The summed E-state index contributed by atoms with van der Waals surface area (Å²) in [7, 11) is -0.548. The highest BCUT2D eigenvalue weighted by molar-refractivity contribution is 6.32. The number of carbonyl (C=O) groups is 2. The zero-order valence-electron chi connectivity index (χ0n) is 15.0. The number of likely N-dealkylation sites (N-methyl/N-ethyl adjacent to an activating group) is 1. The fourth-order valence-electron chi connectivity index (χ4n) is 2.34. The second-order valence-corrected chi connectivity index (χ2v) is 5.92. The smallest absolute Gasteiger partial charge is 0.402 e. The van der Waals surface area contributed by atoms with Crippen LogP contribution < -0.4 is 5.32 Å². The van der Waals surface area contributed by atoms with Gasteiger partial charge in [0, 0.05) is 13.5 Å². The van der Waals surface area contributed by atoms with Gasteiger partial charge in [-0.1, -0.05) is 30.3 Å². The van der Waals surface area contributed by atoms with Crippen LogP contribution in [0.2, 0.25) is 0 Å². The number of nitrogens with zero attached hydrogens (tertiary/aromatic N) is 1. The van der Waals surface area contributed by atoms with Gasteiger partial charge in [-0.15, -0.1) is 0 Å². The summed E-state index contributed by atoms with van der Waals surface area (Å²) in [5.41, 5.74) is 3.00. The van der Waals surface area contributed by atoms with Gasteiger partial charge in [0.15, 0.2) is 0 Å². The molecule has 136 valence electrons. The molecule has 0 saturated heterocycles. The molecular formula is C17H25BN2O5. The van der Waals surface area contributed by atoms with Crippen LogP contribution in [0.15, 0.2) is 30.9 Å². The Morgan fingerprint density at radius 1 is 1.40 bits per heavy atom. The molecule has 0 spiro atoms. The van der Waals surface area contributed by atoms with E-state index in [1.807, 2.05) is 32.0 Å². The number of amides is 2. The van der Waals surface area contributed by atoms with E-state index in [4.69, 9.17) is 14.7 Å². The zero-order chi connectivity index (χ0) is 19.1. The first-order valence-electron chi connectivity index (χ1n) is 7.93. The molecule has 0 heterocycles. The van der Waals surface area contributed by atoms with Gasteiger partial charge in [-0.25, -0.2) is 0 Å². The third-order valence-corrected chi connectivity index (χ3v) is 3.98. The predicted molar refractivity (Wildman–Crippen MR) is 95.3 cm³/mol. The van der Waals surface area contributed by atoms with Crippen LogP contribution in [0.4, 0.5) is 0 Å². The van der Waals surface area contributed by atoms with Gasteiger partial charge in [-0.3, -0.25) is 9.59 Å². The van der Waals surface area contributed by atoms with Crippen LogP contribution in [0, 0.1) is 13.8 Å². The highest BCUT2D eigenvalue weighted by Crippen LogP contribution is 2.13. The van der Waals surface area contributed by atoms with Gasteiger partial charge < -0.3 is 24.9 Å². The lowest BCUT2D eigenvalue weighted by Crippen LogP contribution is -2.51. The minimum absolute atomic E-state index is 0.251. The van der Waals surface area contributed by atoms with Crippen molar-refractivity contribution in [2.24, 2.45) is 0 Å². The van der Waals surface area contributed by atoms with Crippen molar-refractivity contribution in [2.45, 2.75) is 39.5 Å². The molecule has 0 aliphatic carbocycles. The predicted octanol–water partition coefficient (Wildman–Crippen LogP) is 0.307. The van der Waals surface area contributed by atoms with E-state index >= 15 is 0 Å². The monoisotopic (exact) mass is 348 g/mol. The first kappa shape index (κ1) is 20.9. The lowest BCUT2D eigenvalue weighted by atomic mass is 10.0. The Kier molecular flexibility index (Phi) is 7.82. The Hall–Kier alpha value is -2.16. The van der Waals surface area contributed by atoms with Gasteiger partial charge >= 0.3 is 7.32 Å². The topological polar surface area (TPSA) is 99.1 Å². The van der Waals surface area contributed by atoms with Gasteiger partial charge in [-0.05, 0) is 38.0 Å². The second-order valence-electron chi connectivity index (χ2n) is 5.92. The molecule has 2 amide bonds. The summed E-state index contributed by atoms with van der Waals surface area (Å²) in [5, 5.41) is 20.8. The number of rotatable bonds is 8.